The molecule has 0 saturated heterocycles. The summed E-state index contributed by atoms with van der Waals surface area (Å²) in [6.45, 7) is 4.24. The molecule has 4 nitrogen and oxygen atoms in total. The Balaban J connectivity index is 3.36. The van der Waals surface area contributed by atoms with Crippen LogP contribution in [0.15, 0.2) is 24.3 Å². The molecule has 1 aromatic rings. The van der Waals surface area contributed by atoms with E-state index < -0.39 is 29.2 Å². The number of amides is 1. The van der Waals surface area contributed by atoms with Gasteiger partial charge in [0.2, 0.25) is 5.91 Å². The maximum absolute atomic E-state index is 12.5. The van der Waals surface area contributed by atoms with Crippen LogP contribution in [0.1, 0.15) is 31.9 Å². The Hall–Kier alpha value is -2.05. The molecule has 0 aromatic heterocycles. The second-order valence-corrected chi connectivity index (χ2v) is 4.72. The van der Waals surface area contributed by atoms with Gasteiger partial charge in [0.05, 0.1) is 5.56 Å². The zero-order chi connectivity index (χ0) is 16.4. The number of carboxylic acid groups (broad SMARTS) is 1. The number of carbonyl (C=O) groups is 2. The van der Waals surface area contributed by atoms with Gasteiger partial charge in [0, 0.05) is 13.5 Å². The third-order valence-electron chi connectivity index (χ3n) is 3.43. The van der Waals surface area contributed by atoms with Crippen molar-refractivity contribution >= 4 is 11.9 Å². The monoisotopic (exact) mass is 303 g/mol. The van der Waals surface area contributed by atoms with E-state index in [0.29, 0.717) is 0 Å². The van der Waals surface area contributed by atoms with E-state index in [1.807, 2.05) is 0 Å². The number of carboxylic acids is 1. The summed E-state index contributed by atoms with van der Waals surface area (Å²) in [5, 5.41) is 9.45. The van der Waals surface area contributed by atoms with Gasteiger partial charge >= 0.3 is 12.1 Å². The fourth-order valence-electron chi connectivity index (χ4n) is 2.23. The highest BCUT2D eigenvalue weighted by atomic mass is 19.4. The maximum Gasteiger partial charge on any atom is 0.416 e. The molecule has 0 aliphatic rings. The van der Waals surface area contributed by atoms with Crippen molar-refractivity contribution in [2.75, 3.05) is 6.54 Å². The van der Waals surface area contributed by atoms with Crippen LogP contribution in [0.2, 0.25) is 0 Å². The van der Waals surface area contributed by atoms with Crippen molar-refractivity contribution in [1.82, 2.24) is 4.90 Å². The van der Waals surface area contributed by atoms with Crippen molar-refractivity contribution in [3.63, 3.8) is 0 Å². The van der Waals surface area contributed by atoms with Crippen molar-refractivity contribution in [3.8, 4) is 0 Å². The molecule has 0 bridgehead atoms. The lowest BCUT2D eigenvalue weighted by molar-refractivity contribution is -0.158. The van der Waals surface area contributed by atoms with Gasteiger partial charge in [-0.25, -0.2) is 4.79 Å². The second kappa shape index (κ2) is 5.75. The smallest absolute Gasteiger partial charge is 0.416 e. The van der Waals surface area contributed by atoms with E-state index in [9.17, 15) is 27.9 Å². The molecule has 0 spiro atoms. The average molecular weight is 303 g/mol. The Labute approximate surface area is 120 Å². The Morgan fingerprint density at radius 3 is 1.86 bits per heavy atom. The van der Waals surface area contributed by atoms with Crippen LogP contribution in [0, 0.1) is 0 Å². The number of aliphatic carboxylic acids is 1. The lowest BCUT2D eigenvalue weighted by Crippen LogP contribution is -2.51. The fraction of sp³-hybridized carbons (Fsp3) is 0.429. The summed E-state index contributed by atoms with van der Waals surface area (Å²) in [5.41, 5.74) is -2.48. The molecule has 1 aromatic carbocycles. The van der Waals surface area contributed by atoms with Crippen LogP contribution >= 0.6 is 0 Å². The van der Waals surface area contributed by atoms with E-state index in [0.717, 1.165) is 29.2 Å². The van der Waals surface area contributed by atoms with Gasteiger partial charge in [0.15, 0.2) is 5.54 Å². The zero-order valence-corrected chi connectivity index (χ0v) is 11.9. The van der Waals surface area contributed by atoms with Gasteiger partial charge in [-0.3, -0.25) is 4.79 Å². The predicted octanol–water partition coefficient (Wildman–Crippen LogP) is 2.87. The van der Waals surface area contributed by atoms with Crippen LogP contribution in [-0.4, -0.2) is 28.4 Å². The Bertz CT molecular complexity index is 539. The molecule has 0 saturated carbocycles. The van der Waals surface area contributed by atoms with E-state index in [1.165, 1.54) is 13.8 Å². The maximum atomic E-state index is 12.5. The molecule has 1 N–H and O–H groups in total. The number of hydrogen-bond donors (Lipinski definition) is 1. The van der Waals surface area contributed by atoms with Crippen molar-refractivity contribution < 1.29 is 27.9 Å². The number of likely N-dealkylation sites (N-methyl/N-ethyl adjacent to an activating group) is 1. The average Bonchev–Trinajstić information content (AvgIpc) is 2.37. The molecule has 0 aliphatic carbocycles. The van der Waals surface area contributed by atoms with Crippen molar-refractivity contribution in [3.05, 3.63) is 35.4 Å². The Kier molecular flexibility index (Phi) is 4.65. The molecular formula is C14H16F3NO3. The minimum atomic E-state index is -4.50. The van der Waals surface area contributed by atoms with Crippen LogP contribution in [0.3, 0.4) is 0 Å². The van der Waals surface area contributed by atoms with E-state index in [2.05, 4.69) is 0 Å². The van der Waals surface area contributed by atoms with Crippen molar-refractivity contribution in [2.45, 2.75) is 32.5 Å². The number of hydrogen-bond acceptors (Lipinski definition) is 2. The summed E-state index contributed by atoms with van der Waals surface area (Å²) in [6, 6.07) is 3.79. The molecule has 1 atom stereocenters. The van der Waals surface area contributed by atoms with E-state index in [1.54, 1.807) is 6.92 Å². The molecule has 0 fully saturated rings. The number of benzene rings is 1. The quantitative estimate of drug-likeness (QED) is 0.930. The van der Waals surface area contributed by atoms with Crippen molar-refractivity contribution in [1.29, 1.82) is 0 Å². The fourth-order valence-corrected chi connectivity index (χ4v) is 2.23. The van der Waals surface area contributed by atoms with Crippen LogP contribution in [0.5, 0.6) is 0 Å². The molecule has 21 heavy (non-hydrogen) atoms. The summed E-state index contributed by atoms with van der Waals surface area (Å²) >= 11 is 0. The van der Waals surface area contributed by atoms with E-state index >= 15 is 0 Å². The van der Waals surface area contributed by atoms with Gasteiger partial charge < -0.3 is 10.0 Å². The van der Waals surface area contributed by atoms with E-state index in [-0.39, 0.29) is 12.1 Å². The molecule has 0 heterocycles. The third kappa shape index (κ3) is 3.17. The SMILES string of the molecule is CCN(C(C)=O)C(C)(C(=O)O)c1ccc(C(F)(F)F)cc1. The molecule has 0 radical (unpaired) electrons. The lowest BCUT2D eigenvalue weighted by atomic mass is 9.89. The zero-order valence-electron chi connectivity index (χ0n) is 11.9. The highest BCUT2D eigenvalue weighted by molar-refractivity contribution is 5.87. The Morgan fingerprint density at radius 1 is 1.14 bits per heavy atom. The third-order valence-corrected chi connectivity index (χ3v) is 3.43. The van der Waals surface area contributed by atoms with Crippen LogP contribution < -0.4 is 0 Å². The number of nitrogens with zero attached hydrogens (tertiary/aromatic N) is 1. The van der Waals surface area contributed by atoms with E-state index in [4.69, 9.17) is 0 Å². The van der Waals surface area contributed by atoms with Gasteiger partial charge in [-0.1, -0.05) is 12.1 Å². The van der Waals surface area contributed by atoms with Gasteiger partial charge in [0.25, 0.3) is 0 Å². The largest absolute Gasteiger partial charge is 0.479 e. The number of rotatable bonds is 4. The lowest BCUT2D eigenvalue weighted by Gasteiger charge is -2.37. The molecule has 0 aliphatic heterocycles. The normalized spacial score (nSPS) is 14.4. The summed E-state index contributed by atoms with van der Waals surface area (Å²) in [6.07, 6.45) is -4.50. The Morgan fingerprint density at radius 2 is 1.57 bits per heavy atom. The van der Waals surface area contributed by atoms with Crippen LogP contribution in [-0.2, 0) is 21.3 Å². The van der Waals surface area contributed by atoms with Gasteiger partial charge in [0.1, 0.15) is 0 Å². The van der Waals surface area contributed by atoms with Gasteiger partial charge in [-0.2, -0.15) is 13.2 Å². The molecule has 1 rings (SSSR count). The minimum absolute atomic E-state index is 0.111. The van der Waals surface area contributed by atoms with Gasteiger partial charge in [-0.05, 0) is 31.5 Å². The summed E-state index contributed by atoms with van der Waals surface area (Å²) in [7, 11) is 0. The highest BCUT2D eigenvalue weighted by Crippen LogP contribution is 2.33. The summed E-state index contributed by atoms with van der Waals surface area (Å²) in [4.78, 5) is 24.3. The first-order valence-electron chi connectivity index (χ1n) is 6.24. The molecule has 7 heteroatoms. The standard InChI is InChI=1S/C14H16F3NO3/c1-4-18(9(2)19)13(3,12(20)21)10-5-7-11(8-6-10)14(15,16)17/h5-8H,4H2,1-3H3,(H,20,21). The summed E-state index contributed by atoms with van der Waals surface area (Å²) in [5.74, 6) is -1.78. The number of halogens is 3. The molecule has 1 unspecified atom stereocenters. The topological polar surface area (TPSA) is 57.6 Å². The van der Waals surface area contributed by atoms with Crippen LogP contribution in [0.4, 0.5) is 13.2 Å². The molecule has 1 amide bonds. The first-order valence-corrected chi connectivity index (χ1v) is 6.24. The molecular weight excluding hydrogens is 287 g/mol. The first kappa shape index (κ1) is 17.0. The first-order chi connectivity index (χ1) is 9.55. The second-order valence-electron chi connectivity index (χ2n) is 4.72. The number of alkyl halides is 3. The minimum Gasteiger partial charge on any atom is -0.479 e. The predicted molar refractivity (Wildman–Crippen MR) is 69.5 cm³/mol. The van der Waals surface area contributed by atoms with Crippen molar-refractivity contribution in [2.24, 2.45) is 0 Å². The molecule has 116 valence electrons. The van der Waals surface area contributed by atoms with Crippen LogP contribution in [0.25, 0.3) is 0 Å². The summed E-state index contributed by atoms with van der Waals surface area (Å²) < 4.78 is 37.6. The van der Waals surface area contributed by atoms with Gasteiger partial charge in [-0.15, -0.1) is 0 Å². The highest BCUT2D eigenvalue weighted by Gasteiger charge is 2.42. The number of carbonyl (C=O) groups excluding carboxylic acids is 1.